The smallest absolute Gasteiger partial charge is 0.420 e. The van der Waals surface area contributed by atoms with Crippen molar-refractivity contribution in [2.45, 2.75) is 48.7 Å². The van der Waals surface area contributed by atoms with Crippen LogP contribution in [0.2, 0.25) is 0 Å². The molecule has 6 heterocycles. The van der Waals surface area contributed by atoms with Crippen molar-refractivity contribution in [3.05, 3.63) is 81.4 Å². The molecule has 2 saturated heterocycles. The molecule has 0 aliphatic carbocycles. The van der Waals surface area contributed by atoms with Gasteiger partial charge in [-0.1, -0.05) is 23.7 Å². The lowest BCUT2D eigenvalue weighted by atomic mass is 10.0. The summed E-state index contributed by atoms with van der Waals surface area (Å²) >= 11 is 0. The van der Waals surface area contributed by atoms with E-state index in [0.717, 1.165) is 0 Å². The van der Waals surface area contributed by atoms with Gasteiger partial charge >= 0.3 is 12.4 Å². The number of hydrogen-bond donors (Lipinski definition) is 4. The molecule has 0 radical (unpaired) electrons. The summed E-state index contributed by atoms with van der Waals surface area (Å²) in [4.78, 5) is 50.0. The van der Waals surface area contributed by atoms with E-state index < -0.39 is 107 Å². The van der Waals surface area contributed by atoms with E-state index in [-0.39, 0.29) is 46.8 Å². The van der Waals surface area contributed by atoms with Crippen LogP contribution in [0.5, 0.6) is 11.5 Å². The number of carbonyl (C=O) groups is 4. The van der Waals surface area contributed by atoms with E-state index >= 15 is 0 Å². The number of likely N-dealkylation sites (tertiary alicyclic amines) is 2. The maximum Gasteiger partial charge on any atom is 0.420 e. The Hall–Kier alpha value is -7.18. The Morgan fingerprint density at radius 1 is 0.703 bits per heavy atom. The highest BCUT2D eigenvalue weighted by molar-refractivity contribution is 5.94. The SMILES string of the molecule is CN1CC[C@@](O)(C#Cc2ccc3c(c2)-n2nc(C(N)=O)c(C(F)(F)F)c2[C@@H](F)CO3)C1=O.CN1CC[C@@](O)(C#Cc2ccc3c(c2)-n2nc(C(N)=O)c(C(F)(F)F)c2[C@H](F)CO3)C1=O. The molecule has 2 fully saturated rings. The first kappa shape index (κ1) is 44.9. The summed E-state index contributed by atoms with van der Waals surface area (Å²) in [5.41, 5.74) is -0.689. The van der Waals surface area contributed by atoms with Crippen molar-refractivity contribution in [2.24, 2.45) is 11.5 Å². The molecule has 4 aliphatic rings. The Morgan fingerprint density at radius 2 is 1.06 bits per heavy atom. The van der Waals surface area contributed by atoms with Gasteiger partial charge in [0.05, 0.1) is 11.4 Å². The number of amides is 4. The Bertz CT molecular complexity index is 2580. The van der Waals surface area contributed by atoms with E-state index in [2.05, 4.69) is 33.9 Å². The van der Waals surface area contributed by atoms with Crippen LogP contribution in [-0.2, 0) is 21.9 Å². The van der Waals surface area contributed by atoms with Gasteiger partial charge in [0.15, 0.2) is 23.7 Å². The molecule has 16 nitrogen and oxygen atoms in total. The number of fused-ring (bicyclic) bond motifs is 6. The lowest BCUT2D eigenvalue weighted by molar-refractivity contribution is -0.140. The van der Waals surface area contributed by atoms with E-state index in [4.69, 9.17) is 20.9 Å². The molecule has 2 aromatic carbocycles. The Balaban J connectivity index is 0.000000191. The summed E-state index contributed by atoms with van der Waals surface area (Å²) in [5.74, 6) is 6.13. The minimum absolute atomic E-state index is 0.000386. The molecule has 2 aromatic heterocycles. The molecule has 4 amide bonds. The van der Waals surface area contributed by atoms with Gasteiger partial charge in [-0.05, 0) is 36.4 Å². The number of likely N-dealkylation sites (N-methyl/N-ethyl adjacent to an activating group) is 2. The highest BCUT2D eigenvalue weighted by Gasteiger charge is 2.48. The first-order chi connectivity index (χ1) is 29.8. The summed E-state index contributed by atoms with van der Waals surface area (Å²) in [5, 5.41) is 28.1. The fourth-order valence-electron chi connectivity index (χ4n) is 7.25. The lowest BCUT2D eigenvalue weighted by Crippen LogP contribution is -2.37. The Kier molecular flexibility index (Phi) is 11.1. The number of benzene rings is 2. The normalized spacial score (nSPS) is 22.4. The number of carbonyl (C=O) groups excluding carboxylic acids is 4. The van der Waals surface area contributed by atoms with Crippen LogP contribution in [0, 0.1) is 23.7 Å². The molecule has 4 aromatic rings. The molecule has 0 saturated carbocycles. The van der Waals surface area contributed by atoms with Gasteiger partial charge in [0.1, 0.15) is 47.2 Å². The monoisotopic (exact) mass is 904 g/mol. The molecule has 6 N–H and O–H groups in total. The molecule has 64 heavy (non-hydrogen) atoms. The highest BCUT2D eigenvalue weighted by Crippen LogP contribution is 2.44. The van der Waals surface area contributed by atoms with Crippen LogP contribution in [0.1, 0.15) is 79.8 Å². The van der Waals surface area contributed by atoms with Crippen molar-refractivity contribution < 1.29 is 74.0 Å². The number of rotatable bonds is 2. The van der Waals surface area contributed by atoms with Crippen molar-refractivity contribution in [3.63, 3.8) is 0 Å². The first-order valence-electron chi connectivity index (χ1n) is 18.7. The lowest BCUT2D eigenvalue weighted by Gasteiger charge is -2.13. The molecule has 4 atom stereocenters. The number of hydrogen-bond acceptors (Lipinski definition) is 10. The zero-order valence-electron chi connectivity index (χ0n) is 33.1. The van der Waals surface area contributed by atoms with Gasteiger partial charge < -0.3 is 41.0 Å². The number of primary amides is 2. The van der Waals surface area contributed by atoms with Crippen LogP contribution in [0.15, 0.2) is 36.4 Å². The zero-order valence-corrected chi connectivity index (χ0v) is 33.1. The average Bonchev–Trinajstić information content (AvgIpc) is 3.94. The summed E-state index contributed by atoms with van der Waals surface area (Å²) in [7, 11) is 3.03. The van der Waals surface area contributed by atoms with E-state index in [1.165, 1.54) is 60.3 Å². The van der Waals surface area contributed by atoms with Gasteiger partial charge in [-0.3, -0.25) is 19.2 Å². The number of aromatic nitrogens is 4. The Labute approximate surface area is 355 Å². The number of nitrogens with two attached hydrogens (primary N) is 2. The third kappa shape index (κ3) is 8.01. The van der Waals surface area contributed by atoms with Crippen molar-refractivity contribution >= 4 is 23.6 Å². The highest BCUT2D eigenvalue weighted by atomic mass is 19.4. The fourth-order valence-corrected chi connectivity index (χ4v) is 7.25. The van der Waals surface area contributed by atoms with Gasteiger partial charge in [-0.25, -0.2) is 18.1 Å². The number of ether oxygens (including phenoxy) is 2. The second-order valence-electron chi connectivity index (χ2n) is 14.9. The predicted molar refractivity (Wildman–Crippen MR) is 201 cm³/mol. The largest absolute Gasteiger partial charge is 0.488 e. The van der Waals surface area contributed by atoms with Crippen molar-refractivity contribution in [2.75, 3.05) is 40.4 Å². The van der Waals surface area contributed by atoms with Crippen LogP contribution in [-0.4, -0.2) is 115 Å². The second-order valence-corrected chi connectivity index (χ2v) is 14.9. The molecule has 0 bridgehead atoms. The molecule has 24 heteroatoms. The minimum Gasteiger partial charge on any atom is -0.488 e. The molecule has 0 spiro atoms. The van der Waals surface area contributed by atoms with Crippen LogP contribution in [0.3, 0.4) is 0 Å². The summed E-state index contributed by atoms with van der Waals surface area (Å²) in [6.45, 7) is -0.865. The van der Waals surface area contributed by atoms with Crippen LogP contribution >= 0.6 is 0 Å². The first-order valence-corrected chi connectivity index (χ1v) is 18.7. The van der Waals surface area contributed by atoms with Crippen LogP contribution in [0.4, 0.5) is 35.1 Å². The van der Waals surface area contributed by atoms with Crippen molar-refractivity contribution in [1.29, 1.82) is 0 Å². The second kappa shape index (κ2) is 15.9. The summed E-state index contributed by atoms with van der Waals surface area (Å²) in [6, 6.07) is 8.06. The zero-order chi connectivity index (χ0) is 46.8. The van der Waals surface area contributed by atoms with Gasteiger partial charge in [-0.2, -0.15) is 36.5 Å². The fraction of sp³-hybridized carbons (Fsp3) is 0.350. The number of nitrogens with zero attached hydrogens (tertiary/aromatic N) is 6. The molecule has 336 valence electrons. The summed E-state index contributed by atoms with van der Waals surface area (Å²) < 4.78 is 123. The van der Waals surface area contributed by atoms with E-state index in [9.17, 15) is 64.5 Å². The summed E-state index contributed by atoms with van der Waals surface area (Å²) in [6.07, 6.45) is -14.5. The number of halogens is 8. The number of aliphatic hydroxyl groups is 2. The van der Waals surface area contributed by atoms with E-state index in [1.54, 1.807) is 0 Å². The Morgan fingerprint density at radius 3 is 1.36 bits per heavy atom. The third-order valence-electron chi connectivity index (χ3n) is 10.5. The molecule has 8 rings (SSSR count). The minimum atomic E-state index is -5.09. The van der Waals surface area contributed by atoms with Gasteiger partial charge in [0, 0.05) is 51.2 Å². The van der Waals surface area contributed by atoms with Crippen LogP contribution in [0.25, 0.3) is 11.4 Å². The molecule has 0 unspecified atom stereocenters. The quantitative estimate of drug-likeness (QED) is 0.170. The van der Waals surface area contributed by atoms with Gasteiger partial charge in [0.25, 0.3) is 23.6 Å². The number of alkyl halides is 8. The third-order valence-corrected chi connectivity index (χ3v) is 10.5. The van der Waals surface area contributed by atoms with E-state index in [1.807, 2.05) is 0 Å². The topological polar surface area (TPSA) is 221 Å². The predicted octanol–water partition coefficient (Wildman–Crippen LogP) is 2.68. The maximum absolute atomic E-state index is 14.7. The van der Waals surface area contributed by atoms with Crippen molar-refractivity contribution in [3.8, 4) is 46.6 Å². The molecular weight excluding hydrogens is 872 g/mol. The van der Waals surface area contributed by atoms with E-state index in [0.29, 0.717) is 22.5 Å². The van der Waals surface area contributed by atoms with Gasteiger partial charge in [0.2, 0.25) is 11.2 Å². The average molecular weight is 905 g/mol. The van der Waals surface area contributed by atoms with Gasteiger partial charge in [-0.15, -0.1) is 0 Å². The maximum atomic E-state index is 14.7. The molecule has 4 aliphatic heterocycles. The van der Waals surface area contributed by atoms with Crippen LogP contribution < -0.4 is 20.9 Å². The molecular formula is C40H32F8N8O8. The standard InChI is InChI=1S/2C20H16F4N4O4/c2*1-27-7-6-19(31,18(27)30)5-4-10-2-3-13-12(8-10)28-16(11(21)9-32-13)14(20(22,23)24)15(26-28)17(25)29/h2*2-3,8,11,31H,6-7,9H2,1H3,(H2,25,29)/t11-,19+;11-,19-/m10/s1. The van der Waals surface area contributed by atoms with Crippen molar-refractivity contribution in [1.82, 2.24) is 29.4 Å².